The van der Waals surface area contributed by atoms with Crippen molar-refractivity contribution in [1.29, 1.82) is 0 Å². The normalized spacial score (nSPS) is 12.9. The van der Waals surface area contributed by atoms with Crippen molar-refractivity contribution in [3.63, 3.8) is 0 Å². The highest BCUT2D eigenvalue weighted by Gasteiger charge is 2.24. The Morgan fingerprint density at radius 3 is 2.36 bits per heavy atom. The van der Waals surface area contributed by atoms with Crippen molar-refractivity contribution >= 4 is 29.1 Å². The number of hydrogen-bond acceptors (Lipinski definition) is 4. The van der Waals surface area contributed by atoms with Crippen LogP contribution >= 0.6 is 11.6 Å². The molecule has 0 atom stereocenters. The first kappa shape index (κ1) is 20.0. The van der Waals surface area contributed by atoms with Gasteiger partial charge in [-0.3, -0.25) is 9.59 Å². The van der Waals surface area contributed by atoms with Crippen LogP contribution in [0.5, 0.6) is 11.5 Å². The van der Waals surface area contributed by atoms with Crippen LogP contribution in [0.25, 0.3) is 0 Å². The van der Waals surface area contributed by atoms with Crippen molar-refractivity contribution in [1.82, 2.24) is 5.32 Å². The summed E-state index contributed by atoms with van der Waals surface area (Å²) in [6.45, 7) is 2.56. The van der Waals surface area contributed by atoms with Gasteiger partial charge in [0.1, 0.15) is 11.5 Å². The summed E-state index contributed by atoms with van der Waals surface area (Å²) in [7, 11) is 0. The summed E-state index contributed by atoms with van der Waals surface area (Å²) in [6.07, 6.45) is 2.95. The maximum absolute atomic E-state index is 12.1. The van der Waals surface area contributed by atoms with Gasteiger partial charge in [0.2, 0.25) is 0 Å². The number of benzene rings is 2. The minimum Gasteiger partial charge on any atom is -0.494 e. The van der Waals surface area contributed by atoms with Crippen molar-refractivity contribution in [2.75, 3.05) is 18.5 Å². The Balaban J connectivity index is 1.48. The second kappa shape index (κ2) is 9.46. The zero-order chi connectivity index (χ0) is 19.9. The minimum absolute atomic E-state index is 0.142. The summed E-state index contributed by atoms with van der Waals surface area (Å²) < 4.78 is 11.0. The number of carbonyl (C=O) groups excluding carboxylic acids is 2. The van der Waals surface area contributed by atoms with Crippen molar-refractivity contribution in [2.24, 2.45) is 0 Å². The zero-order valence-corrected chi connectivity index (χ0v) is 16.4. The molecule has 2 amide bonds. The third kappa shape index (κ3) is 5.89. The van der Waals surface area contributed by atoms with E-state index in [-0.39, 0.29) is 24.5 Å². The van der Waals surface area contributed by atoms with Crippen LogP contribution in [0.2, 0.25) is 5.02 Å². The van der Waals surface area contributed by atoms with Gasteiger partial charge in [0.05, 0.1) is 17.2 Å². The van der Waals surface area contributed by atoms with Crippen molar-refractivity contribution in [2.45, 2.75) is 32.2 Å². The van der Waals surface area contributed by atoms with Gasteiger partial charge in [-0.1, -0.05) is 18.5 Å². The average molecular weight is 403 g/mol. The van der Waals surface area contributed by atoms with E-state index >= 15 is 0 Å². The maximum atomic E-state index is 12.1. The molecule has 0 heterocycles. The van der Waals surface area contributed by atoms with E-state index < -0.39 is 0 Å². The third-order valence-corrected chi connectivity index (χ3v) is 4.39. The first-order valence-electron chi connectivity index (χ1n) is 9.31. The molecule has 0 aliphatic heterocycles. The Kier molecular flexibility index (Phi) is 6.76. The van der Waals surface area contributed by atoms with Gasteiger partial charge >= 0.3 is 0 Å². The summed E-state index contributed by atoms with van der Waals surface area (Å²) >= 11 is 6.18. The van der Waals surface area contributed by atoms with Crippen LogP contribution < -0.4 is 20.1 Å². The Bertz CT molecular complexity index is 835. The average Bonchev–Trinajstić information content (AvgIpc) is 3.49. The molecule has 0 spiro atoms. The summed E-state index contributed by atoms with van der Waals surface area (Å²) in [6, 6.07) is 12.2. The van der Waals surface area contributed by atoms with Crippen LogP contribution in [-0.4, -0.2) is 31.1 Å². The third-order valence-electron chi connectivity index (χ3n) is 4.08. The predicted octanol–water partition coefficient (Wildman–Crippen LogP) is 4.04. The van der Waals surface area contributed by atoms with Crippen LogP contribution in [0.4, 0.5) is 5.69 Å². The van der Waals surface area contributed by atoms with E-state index in [0.717, 1.165) is 25.0 Å². The lowest BCUT2D eigenvalue weighted by atomic mass is 10.2. The molecule has 0 saturated heterocycles. The fourth-order valence-corrected chi connectivity index (χ4v) is 2.73. The molecule has 3 rings (SSSR count). The molecule has 0 bridgehead atoms. The fraction of sp³-hybridized carbons (Fsp3) is 0.333. The van der Waals surface area contributed by atoms with Gasteiger partial charge in [-0.15, -0.1) is 0 Å². The predicted molar refractivity (Wildman–Crippen MR) is 108 cm³/mol. The molecule has 0 unspecified atom stereocenters. The molecule has 0 aromatic heterocycles. The van der Waals surface area contributed by atoms with E-state index in [2.05, 4.69) is 10.6 Å². The van der Waals surface area contributed by atoms with Crippen LogP contribution in [0.15, 0.2) is 42.5 Å². The summed E-state index contributed by atoms with van der Waals surface area (Å²) in [4.78, 5) is 24.2. The van der Waals surface area contributed by atoms with Gasteiger partial charge in [0.15, 0.2) is 6.61 Å². The number of carbonyl (C=O) groups is 2. The Morgan fingerprint density at radius 1 is 1.07 bits per heavy atom. The highest BCUT2D eigenvalue weighted by atomic mass is 35.5. The summed E-state index contributed by atoms with van der Waals surface area (Å²) in [5, 5.41) is 5.88. The van der Waals surface area contributed by atoms with Crippen LogP contribution in [0.3, 0.4) is 0 Å². The molecule has 0 radical (unpaired) electrons. The van der Waals surface area contributed by atoms with Crippen LogP contribution in [0, 0.1) is 0 Å². The molecule has 1 fully saturated rings. The van der Waals surface area contributed by atoms with Crippen LogP contribution in [0.1, 0.15) is 36.5 Å². The first-order valence-corrected chi connectivity index (χ1v) is 9.69. The molecular formula is C21H23ClN2O4. The largest absolute Gasteiger partial charge is 0.494 e. The van der Waals surface area contributed by atoms with Crippen molar-refractivity contribution in [3.8, 4) is 11.5 Å². The lowest BCUT2D eigenvalue weighted by Gasteiger charge is -2.10. The molecule has 6 nitrogen and oxygen atoms in total. The molecule has 2 aromatic rings. The molecule has 1 aliphatic rings. The molecular weight excluding hydrogens is 380 g/mol. The van der Waals surface area contributed by atoms with Crippen molar-refractivity contribution in [3.05, 3.63) is 53.1 Å². The fourth-order valence-electron chi connectivity index (χ4n) is 2.47. The quantitative estimate of drug-likeness (QED) is 0.663. The van der Waals surface area contributed by atoms with E-state index in [9.17, 15) is 9.59 Å². The SMILES string of the molecule is CCCOc1ccc(OCC(=O)Nc2ccc(C(=O)NC3CC3)c(Cl)c2)cc1. The van der Waals surface area contributed by atoms with Gasteiger partial charge in [0.25, 0.3) is 11.8 Å². The second-order valence-corrected chi connectivity index (χ2v) is 7.01. The molecule has 7 heteroatoms. The summed E-state index contributed by atoms with van der Waals surface area (Å²) in [5.74, 6) is 0.820. The highest BCUT2D eigenvalue weighted by Crippen LogP contribution is 2.24. The molecule has 2 N–H and O–H groups in total. The smallest absolute Gasteiger partial charge is 0.262 e. The number of ether oxygens (including phenoxy) is 2. The monoisotopic (exact) mass is 402 g/mol. The van der Waals surface area contributed by atoms with E-state index in [1.165, 1.54) is 0 Å². The lowest BCUT2D eigenvalue weighted by Crippen LogP contribution is -2.25. The van der Waals surface area contributed by atoms with E-state index in [1.54, 1.807) is 42.5 Å². The Labute approximate surface area is 169 Å². The van der Waals surface area contributed by atoms with Gasteiger partial charge in [0, 0.05) is 11.7 Å². The number of nitrogens with one attached hydrogen (secondary N) is 2. The van der Waals surface area contributed by atoms with Gasteiger partial charge < -0.3 is 20.1 Å². The maximum Gasteiger partial charge on any atom is 0.262 e. The lowest BCUT2D eigenvalue weighted by molar-refractivity contribution is -0.118. The number of anilines is 1. The standard InChI is InChI=1S/C21H23ClN2O4/c1-2-11-27-16-6-8-17(9-7-16)28-13-20(25)23-15-5-10-18(19(22)12-15)21(26)24-14-3-4-14/h5-10,12,14H,2-4,11,13H2,1H3,(H,23,25)(H,24,26). The van der Waals surface area contributed by atoms with E-state index in [4.69, 9.17) is 21.1 Å². The summed E-state index contributed by atoms with van der Waals surface area (Å²) in [5.41, 5.74) is 0.901. The zero-order valence-electron chi connectivity index (χ0n) is 15.7. The molecule has 28 heavy (non-hydrogen) atoms. The molecule has 148 valence electrons. The van der Waals surface area contributed by atoms with E-state index in [0.29, 0.717) is 28.6 Å². The van der Waals surface area contributed by atoms with Gasteiger partial charge in [-0.25, -0.2) is 0 Å². The Hall–Kier alpha value is -2.73. The number of amides is 2. The molecule has 1 saturated carbocycles. The molecule has 2 aromatic carbocycles. The first-order chi connectivity index (χ1) is 13.5. The minimum atomic E-state index is -0.322. The number of hydrogen-bond donors (Lipinski definition) is 2. The van der Waals surface area contributed by atoms with Gasteiger partial charge in [-0.05, 0) is 61.7 Å². The second-order valence-electron chi connectivity index (χ2n) is 6.60. The van der Waals surface area contributed by atoms with Crippen molar-refractivity contribution < 1.29 is 19.1 Å². The molecule has 1 aliphatic carbocycles. The topological polar surface area (TPSA) is 76.7 Å². The van der Waals surface area contributed by atoms with Crippen LogP contribution in [-0.2, 0) is 4.79 Å². The number of halogens is 1. The van der Waals surface area contributed by atoms with E-state index in [1.807, 2.05) is 6.92 Å². The Morgan fingerprint density at radius 2 is 1.75 bits per heavy atom. The van der Waals surface area contributed by atoms with Gasteiger partial charge in [-0.2, -0.15) is 0 Å². The highest BCUT2D eigenvalue weighted by molar-refractivity contribution is 6.34. The number of rotatable bonds is 9.